The fraction of sp³-hybridized carbons (Fsp3) is 0.692. The summed E-state index contributed by atoms with van der Waals surface area (Å²) >= 11 is 5.37. The Balaban J connectivity index is 2.43. The van der Waals surface area contributed by atoms with E-state index in [1.165, 1.54) is 21.5 Å². The van der Waals surface area contributed by atoms with E-state index >= 15 is 0 Å². The molecule has 0 fully saturated rings. The van der Waals surface area contributed by atoms with Crippen LogP contribution in [0.3, 0.4) is 0 Å². The van der Waals surface area contributed by atoms with Gasteiger partial charge in [0.1, 0.15) is 0 Å². The Bertz CT molecular complexity index is 314. The Hall–Kier alpha value is 0.140. The lowest BCUT2D eigenvalue weighted by Gasteiger charge is -2.24. The largest absolute Gasteiger partial charge is 0.312 e. The molecular formula is C13H22BrNS. The molecule has 1 unspecified atom stereocenters. The van der Waals surface area contributed by atoms with Crippen LogP contribution in [0, 0.1) is 5.92 Å². The molecule has 1 N–H and O–H groups in total. The van der Waals surface area contributed by atoms with Gasteiger partial charge in [0.25, 0.3) is 0 Å². The summed E-state index contributed by atoms with van der Waals surface area (Å²) in [5, 5.41) is 3.59. The molecule has 1 heterocycles. The van der Waals surface area contributed by atoms with Crippen LogP contribution in [0.5, 0.6) is 0 Å². The van der Waals surface area contributed by atoms with Gasteiger partial charge in [0.2, 0.25) is 0 Å². The molecule has 1 nitrogen and oxygen atoms in total. The molecule has 92 valence electrons. The van der Waals surface area contributed by atoms with Crippen LogP contribution in [0.2, 0.25) is 0 Å². The molecule has 0 aliphatic heterocycles. The minimum Gasteiger partial charge on any atom is -0.312 e. The number of rotatable bonds is 5. The van der Waals surface area contributed by atoms with Crippen LogP contribution < -0.4 is 5.32 Å². The highest BCUT2D eigenvalue weighted by Gasteiger charge is 2.14. The number of hydrogen-bond donors (Lipinski definition) is 1. The van der Waals surface area contributed by atoms with Gasteiger partial charge < -0.3 is 5.32 Å². The topological polar surface area (TPSA) is 12.0 Å². The fourth-order valence-electron chi connectivity index (χ4n) is 1.56. The van der Waals surface area contributed by atoms with Crippen molar-refractivity contribution in [2.75, 3.05) is 6.54 Å². The van der Waals surface area contributed by atoms with Gasteiger partial charge in [-0.1, -0.05) is 13.3 Å². The van der Waals surface area contributed by atoms with E-state index in [1.54, 1.807) is 0 Å². The Morgan fingerprint density at radius 2 is 2.06 bits per heavy atom. The first-order chi connectivity index (χ1) is 7.40. The van der Waals surface area contributed by atoms with E-state index in [0.29, 0.717) is 0 Å². The van der Waals surface area contributed by atoms with Crippen molar-refractivity contribution in [3.63, 3.8) is 0 Å². The molecule has 0 saturated heterocycles. The second kappa shape index (κ2) is 6.18. The predicted octanol–water partition coefficient (Wildman–Crippen LogP) is 4.47. The molecule has 0 aliphatic carbocycles. The van der Waals surface area contributed by atoms with Crippen LogP contribution in [-0.2, 0) is 6.42 Å². The van der Waals surface area contributed by atoms with Gasteiger partial charge in [-0.15, -0.1) is 11.3 Å². The number of hydrogen-bond acceptors (Lipinski definition) is 2. The predicted molar refractivity (Wildman–Crippen MR) is 77.3 cm³/mol. The summed E-state index contributed by atoms with van der Waals surface area (Å²) in [5.41, 5.74) is 0.226. The van der Waals surface area contributed by atoms with Gasteiger partial charge in [-0.3, -0.25) is 0 Å². The summed E-state index contributed by atoms with van der Waals surface area (Å²) < 4.78 is 1.24. The van der Waals surface area contributed by atoms with Crippen molar-refractivity contribution in [3.05, 3.63) is 20.8 Å². The van der Waals surface area contributed by atoms with Crippen molar-refractivity contribution in [1.29, 1.82) is 0 Å². The molecule has 3 heteroatoms. The smallest absolute Gasteiger partial charge is 0.0701 e. The van der Waals surface area contributed by atoms with E-state index < -0.39 is 0 Å². The van der Waals surface area contributed by atoms with Gasteiger partial charge in [-0.25, -0.2) is 0 Å². The number of nitrogens with one attached hydrogen (secondary N) is 1. The zero-order valence-electron chi connectivity index (χ0n) is 10.6. The summed E-state index contributed by atoms with van der Waals surface area (Å²) in [6, 6.07) is 4.37. The maximum atomic E-state index is 3.59. The van der Waals surface area contributed by atoms with Crippen molar-refractivity contribution in [2.24, 2.45) is 5.92 Å². The highest BCUT2D eigenvalue weighted by Crippen LogP contribution is 2.25. The van der Waals surface area contributed by atoms with E-state index in [-0.39, 0.29) is 5.54 Å². The molecule has 1 aromatic heterocycles. The third-order valence-corrected chi connectivity index (χ3v) is 4.26. The van der Waals surface area contributed by atoms with Crippen molar-refractivity contribution in [1.82, 2.24) is 5.32 Å². The molecule has 0 bridgehead atoms. The molecule has 1 aromatic rings. The van der Waals surface area contributed by atoms with Gasteiger partial charge in [0.05, 0.1) is 3.79 Å². The third-order valence-electron chi connectivity index (χ3n) is 2.62. The first-order valence-corrected chi connectivity index (χ1v) is 7.51. The highest BCUT2D eigenvalue weighted by molar-refractivity contribution is 9.11. The van der Waals surface area contributed by atoms with Gasteiger partial charge in [-0.2, -0.15) is 0 Å². The summed E-state index contributed by atoms with van der Waals surface area (Å²) in [5.74, 6) is 0.741. The molecule has 0 spiro atoms. The quantitative estimate of drug-likeness (QED) is 0.846. The molecule has 0 amide bonds. The number of halogens is 1. The van der Waals surface area contributed by atoms with Crippen LogP contribution in [0.15, 0.2) is 15.9 Å². The average Bonchev–Trinajstić information content (AvgIpc) is 2.57. The van der Waals surface area contributed by atoms with Crippen molar-refractivity contribution in [2.45, 2.75) is 46.1 Å². The number of thiophene rings is 1. The van der Waals surface area contributed by atoms with Crippen LogP contribution >= 0.6 is 27.3 Å². The minimum absolute atomic E-state index is 0.226. The standard InChI is InChI=1S/C13H22BrNS/c1-5-10(9-15-13(2,3)4)8-11-6-7-12(14)16-11/h6-7,10,15H,5,8-9H2,1-4H3. The van der Waals surface area contributed by atoms with E-state index in [1.807, 2.05) is 11.3 Å². The Morgan fingerprint density at radius 1 is 1.38 bits per heavy atom. The van der Waals surface area contributed by atoms with Gasteiger partial charge in [0, 0.05) is 10.4 Å². The summed E-state index contributed by atoms with van der Waals surface area (Å²) in [7, 11) is 0. The summed E-state index contributed by atoms with van der Waals surface area (Å²) in [6.45, 7) is 10.1. The van der Waals surface area contributed by atoms with Gasteiger partial charge in [0.15, 0.2) is 0 Å². The van der Waals surface area contributed by atoms with Crippen molar-refractivity contribution in [3.8, 4) is 0 Å². The van der Waals surface area contributed by atoms with E-state index in [9.17, 15) is 0 Å². The van der Waals surface area contributed by atoms with Crippen LogP contribution in [0.25, 0.3) is 0 Å². The Kier molecular flexibility index (Phi) is 5.48. The van der Waals surface area contributed by atoms with E-state index in [4.69, 9.17) is 0 Å². The fourth-order valence-corrected chi connectivity index (χ4v) is 3.15. The lowest BCUT2D eigenvalue weighted by molar-refractivity contribution is 0.364. The first-order valence-electron chi connectivity index (χ1n) is 5.90. The normalized spacial score (nSPS) is 14.1. The van der Waals surface area contributed by atoms with Crippen LogP contribution in [-0.4, -0.2) is 12.1 Å². The highest BCUT2D eigenvalue weighted by atomic mass is 79.9. The monoisotopic (exact) mass is 303 g/mol. The van der Waals surface area contributed by atoms with Crippen molar-refractivity contribution < 1.29 is 0 Å². The maximum Gasteiger partial charge on any atom is 0.0701 e. The molecule has 1 rings (SSSR count). The molecule has 0 radical (unpaired) electrons. The van der Waals surface area contributed by atoms with Crippen molar-refractivity contribution >= 4 is 27.3 Å². The summed E-state index contributed by atoms with van der Waals surface area (Å²) in [4.78, 5) is 1.48. The molecule has 0 saturated carbocycles. The Labute approximate surface area is 112 Å². The zero-order chi connectivity index (χ0) is 12.2. The molecule has 0 aromatic carbocycles. The lowest BCUT2D eigenvalue weighted by atomic mass is 9.99. The summed E-state index contributed by atoms with van der Waals surface area (Å²) in [6.07, 6.45) is 2.43. The van der Waals surface area contributed by atoms with Crippen LogP contribution in [0.1, 0.15) is 39.0 Å². The first kappa shape index (κ1) is 14.2. The lowest BCUT2D eigenvalue weighted by Crippen LogP contribution is -2.39. The molecule has 0 aliphatic rings. The molecule has 16 heavy (non-hydrogen) atoms. The second-order valence-corrected chi connectivity index (χ2v) is 7.86. The molecular weight excluding hydrogens is 282 g/mol. The van der Waals surface area contributed by atoms with E-state index in [0.717, 1.165) is 12.5 Å². The third kappa shape index (κ3) is 5.46. The average molecular weight is 304 g/mol. The van der Waals surface area contributed by atoms with E-state index in [2.05, 4.69) is 61.1 Å². The molecule has 1 atom stereocenters. The van der Waals surface area contributed by atoms with Gasteiger partial charge >= 0.3 is 0 Å². The Morgan fingerprint density at radius 3 is 2.50 bits per heavy atom. The van der Waals surface area contributed by atoms with Gasteiger partial charge in [-0.05, 0) is 67.7 Å². The van der Waals surface area contributed by atoms with Crippen LogP contribution in [0.4, 0.5) is 0 Å². The zero-order valence-corrected chi connectivity index (χ0v) is 13.0. The second-order valence-electron chi connectivity index (χ2n) is 5.32. The minimum atomic E-state index is 0.226. The maximum absolute atomic E-state index is 3.59. The SMILES string of the molecule is CCC(CNC(C)(C)C)Cc1ccc(Br)s1.